The Morgan fingerprint density at radius 2 is 1.46 bits per heavy atom. The second kappa shape index (κ2) is 8.07. The molecule has 5 heteroatoms. The first-order chi connectivity index (χ1) is 13.6. The van der Waals surface area contributed by atoms with E-state index in [1.54, 1.807) is 9.13 Å². The molecule has 0 aliphatic carbocycles. The first-order valence-corrected chi connectivity index (χ1v) is 10.0. The van der Waals surface area contributed by atoms with Gasteiger partial charge in [-0.15, -0.1) is 0 Å². The molecule has 4 rings (SSSR count). The van der Waals surface area contributed by atoms with Crippen LogP contribution in [0.1, 0.15) is 25.5 Å². The van der Waals surface area contributed by atoms with Crippen molar-refractivity contribution in [2.45, 2.75) is 26.4 Å². The molecule has 2 aromatic carbocycles. The van der Waals surface area contributed by atoms with E-state index in [2.05, 4.69) is 52.3 Å². The lowest BCUT2D eigenvalue weighted by atomic mass is 10.2. The molecule has 0 atom stereocenters. The average Bonchev–Trinajstić information content (AvgIpc) is 3.11. The molecule has 2 heterocycles. The topological polar surface area (TPSA) is 33.4 Å². The summed E-state index contributed by atoms with van der Waals surface area (Å²) in [5, 5.41) is 0. The zero-order chi connectivity index (χ0) is 19.5. The van der Waals surface area contributed by atoms with Crippen molar-refractivity contribution < 1.29 is 0 Å². The highest BCUT2D eigenvalue weighted by atomic mass is 16.1. The van der Waals surface area contributed by atoms with E-state index in [-0.39, 0.29) is 11.7 Å². The summed E-state index contributed by atoms with van der Waals surface area (Å²) < 4.78 is 3.46. The minimum atomic E-state index is 0.0114. The van der Waals surface area contributed by atoms with Gasteiger partial charge in [0.25, 0.3) is 0 Å². The number of rotatable bonds is 5. The molecule has 1 aliphatic heterocycles. The summed E-state index contributed by atoms with van der Waals surface area (Å²) >= 11 is 0. The van der Waals surface area contributed by atoms with Gasteiger partial charge in [-0.3, -0.25) is 14.0 Å². The highest BCUT2D eigenvalue weighted by molar-refractivity contribution is 5.51. The summed E-state index contributed by atoms with van der Waals surface area (Å²) in [5.74, 6) is 0. The van der Waals surface area contributed by atoms with E-state index < -0.39 is 0 Å². The second-order valence-electron chi connectivity index (χ2n) is 7.72. The highest BCUT2D eigenvalue weighted by Gasteiger charge is 2.17. The van der Waals surface area contributed by atoms with E-state index in [0.717, 1.165) is 38.4 Å². The standard InChI is InChI=1S/C23H28N4O/c1-19(2)26-16-17-27(23(26)28)22-10-8-21(9-11-22)25-14-12-24(13-15-25)18-20-6-4-3-5-7-20/h3-11,16-17,19H,12-15,18H2,1-2H3. The Balaban J connectivity index is 1.39. The van der Waals surface area contributed by atoms with E-state index in [1.165, 1.54) is 11.3 Å². The van der Waals surface area contributed by atoms with Gasteiger partial charge in [0.15, 0.2) is 0 Å². The van der Waals surface area contributed by atoms with Gasteiger partial charge < -0.3 is 4.90 Å². The Bertz CT molecular complexity index is 948. The van der Waals surface area contributed by atoms with Crippen LogP contribution in [0.15, 0.2) is 71.8 Å². The molecule has 0 N–H and O–H groups in total. The molecule has 1 aromatic heterocycles. The smallest absolute Gasteiger partial charge is 0.332 e. The number of hydrogen-bond donors (Lipinski definition) is 0. The minimum absolute atomic E-state index is 0.0114. The Labute approximate surface area is 166 Å². The highest BCUT2D eigenvalue weighted by Crippen LogP contribution is 2.19. The molecule has 28 heavy (non-hydrogen) atoms. The summed E-state index contributed by atoms with van der Waals surface area (Å²) in [6.45, 7) is 9.23. The molecule has 0 unspecified atom stereocenters. The third-order valence-corrected chi connectivity index (χ3v) is 5.47. The van der Waals surface area contributed by atoms with Crippen LogP contribution in [0.25, 0.3) is 5.69 Å². The van der Waals surface area contributed by atoms with Gasteiger partial charge in [-0.1, -0.05) is 30.3 Å². The maximum atomic E-state index is 12.5. The lowest BCUT2D eigenvalue weighted by molar-refractivity contribution is 0.250. The van der Waals surface area contributed by atoms with Crippen LogP contribution in [0, 0.1) is 0 Å². The van der Waals surface area contributed by atoms with Crippen LogP contribution in [0.2, 0.25) is 0 Å². The molecule has 146 valence electrons. The van der Waals surface area contributed by atoms with Gasteiger partial charge >= 0.3 is 5.69 Å². The lowest BCUT2D eigenvalue weighted by Gasteiger charge is -2.36. The number of benzene rings is 2. The predicted octanol–water partition coefficient (Wildman–Crippen LogP) is 3.54. The van der Waals surface area contributed by atoms with Crippen molar-refractivity contribution in [2.75, 3.05) is 31.1 Å². The maximum absolute atomic E-state index is 12.5. The summed E-state index contributed by atoms with van der Waals surface area (Å²) in [6.07, 6.45) is 3.70. The van der Waals surface area contributed by atoms with Crippen LogP contribution in [0.4, 0.5) is 5.69 Å². The van der Waals surface area contributed by atoms with Crippen LogP contribution < -0.4 is 10.6 Å². The Morgan fingerprint density at radius 1 is 0.821 bits per heavy atom. The molecule has 0 saturated carbocycles. The van der Waals surface area contributed by atoms with Crippen LogP contribution >= 0.6 is 0 Å². The van der Waals surface area contributed by atoms with Gasteiger partial charge in [0.05, 0.1) is 5.69 Å². The summed E-state index contributed by atoms with van der Waals surface area (Å²) in [4.78, 5) is 17.4. The zero-order valence-corrected chi connectivity index (χ0v) is 16.7. The maximum Gasteiger partial charge on any atom is 0.332 e. The van der Waals surface area contributed by atoms with Gasteiger partial charge in [-0.2, -0.15) is 0 Å². The molecule has 1 saturated heterocycles. The molecule has 5 nitrogen and oxygen atoms in total. The fourth-order valence-corrected chi connectivity index (χ4v) is 3.81. The molecular weight excluding hydrogens is 348 g/mol. The molecule has 0 bridgehead atoms. The fraction of sp³-hybridized carbons (Fsp3) is 0.348. The molecule has 0 radical (unpaired) electrons. The third-order valence-electron chi connectivity index (χ3n) is 5.47. The van der Waals surface area contributed by atoms with Crippen LogP contribution in [-0.2, 0) is 6.54 Å². The quantitative estimate of drug-likeness (QED) is 0.683. The number of nitrogens with zero attached hydrogens (tertiary/aromatic N) is 4. The van der Waals surface area contributed by atoms with E-state index in [0.29, 0.717) is 0 Å². The second-order valence-corrected chi connectivity index (χ2v) is 7.72. The molecule has 1 aliphatic rings. The third kappa shape index (κ3) is 3.90. The molecular formula is C23H28N4O. The van der Waals surface area contributed by atoms with Crippen molar-refractivity contribution in [1.29, 1.82) is 0 Å². The number of imidazole rings is 1. The molecule has 0 amide bonds. The van der Waals surface area contributed by atoms with Gasteiger partial charge in [-0.05, 0) is 43.7 Å². The van der Waals surface area contributed by atoms with Crippen molar-refractivity contribution in [3.05, 3.63) is 83.0 Å². The van der Waals surface area contributed by atoms with Gasteiger partial charge in [-0.25, -0.2) is 4.79 Å². The fourth-order valence-electron chi connectivity index (χ4n) is 3.81. The zero-order valence-electron chi connectivity index (χ0n) is 16.7. The molecule has 1 fully saturated rings. The summed E-state index contributed by atoms with van der Waals surface area (Å²) in [5.41, 5.74) is 3.52. The molecule has 0 spiro atoms. The van der Waals surface area contributed by atoms with Gasteiger partial charge in [0, 0.05) is 56.8 Å². The number of aromatic nitrogens is 2. The molecule has 3 aromatic rings. The van der Waals surface area contributed by atoms with E-state index >= 15 is 0 Å². The van der Waals surface area contributed by atoms with E-state index in [1.807, 2.05) is 38.4 Å². The van der Waals surface area contributed by atoms with Crippen molar-refractivity contribution in [3.63, 3.8) is 0 Å². The van der Waals surface area contributed by atoms with Crippen molar-refractivity contribution >= 4 is 5.69 Å². The number of hydrogen-bond acceptors (Lipinski definition) is 3. The number of piperazine rings is 1. The lowest BCUT2D eigenvalue weighted by Crippen LogP contribution is -2.45. The van der Waals surface area contributed by atoms with Crippen molar-refractivity contribution in [2.24, 2.45) is 0 Å². The van der Waals surface area contributed by atoms with Gasteiger partial charge in [0.2, 0.25) is 0 Å². The monoisotopic (exact) mass is 376 g/mol. The SMILES string of the molecule is CC(C)n1ccn(-c2ccc(N3CCN(Cc4ccccc4)CC3)cc2)c1=O. The minimum Gasteiger partial charge on any atom is -0.369 e. The van der Waals surface area contributed by atoms with Crippen molar-refractivity contribution in [1.82, 2.24) is 14.0 Å². The average molecular weight is 377 g/mol. The summed E-state index contributed by atoms with van der Waals surface area (Å²) in [7, 11) is 0. The first kappa shape index (κ1) is 18.6. The normalized spacial score (nSPS) is 15.3. The van der Waals surface area contributed by atoms with Gasteiger partial charge in [0.1, 0.15) is 0 Å². The largest absolute Gasteiger partial charge is 0.369 e. The van der Waals surface area contributed by atoms with Crippen molar-refractivity contribution in [3.8, 4) is 5.69 Å². The summed E-state index contributed by atoms with van der Waals surface area (Å²) in [6, 6.07) is 19.2. The van der Waals surface area contributed by atoms with Crippen LogP contribution in [0.3, 0.4) is 0 Å². The Morgan fingerprint density at radius 3 is 2.07 bits per heavy atom. The Hall–Kier alpha value is -2.79. The van der Waals surface area contributed by atoms with Crippen LogP contribution in [0.5, 0.6) is 0 Å². The van der Waals surface area contributed by atoms with E-state index in [9.17, 15) is 4.79 Å². The predicted molar refractivity (Wildman–Crippen MR) is 114 cm³/mol. The number of anilines is 1. The first-order valence-electron chi connectivity index (χ1n) is 10.0. The van der Waals surface area contributed by atoms with Crippen LogP contribution in [-0.4, -0.2) is 40.2 Å². The van der Waals surface area contributed by atoms with E-state index in [4.69, 9.17) is 0 Å². The Kier molecular flexibility index (Phi) is 5.35.